The van der Waals surface area contributed by atoms with Crippen molar-refractivity contribution in [1.82, 2.24) is 5.32 Å². The summed E-state index contributed by atoms with van der Waals surface area (Å²) in [6.07, 6.45) is 2.93. The Labute approximate surface area is 103 Å². The van der Waals surface area contributed by atoms with E-state index < -0.39 is 0 Å². The lowest BCUT2D eigenvalue weighted by atomic mass is 9.85. The van der Waals surface area contributed by atoms with Crippen LogP contribution in [0.2, 0.25) is 0 Å². The van der Waals surface area contributed by atoms with Crippen molar-refractivity contribution in [2.45, 2.75) is 31.8 Å². The molecule has 1 saturated heterocycles. The molecule has 0 saturated carbocycles. The van der Waals surface area contributed by atoms with E-state index in [1.807, 2.05) is 19.1 Å². The number of phenols is 1. The summed E-state index contributed by atoms with van der Waals surface area (Å²) >= 11 is 0. The Balaban J connectivity index is 2.14. The standard InChI is InChI=1S/C14H21NO2/c1-11-3-4-12(9-13(11)16)10-14(17-2)5-7-15-8-6-14/h3-4,9,15-16H,5-8,10H2,1-2H3. The van der Waals surface area contributed by atoms with E-state index in [0.29, 0.717) is 5.75 Å². The van der Waals surface area contributed by atoms with Gasteiger partial charge in [-0.05, 0) is 50.0 Å². The molecule has 1 aromatic rings. The van der Waals surface area contributed by atoms with Crippen molar-refractivity contribution in [2.75, 3.05) is 20.2 Å². The van der Waals surface area contributed by atoms with Crippen LogP contribution in [-0.2, 0) is 11.2 Å². The van der Waals surface area contributed by atoms with E-state index in [9.17, 15) is 5.11 Å². The fraction of sp³-hybridized carbons (Fsp3) is 0.571. The lowest BCUT2D eigenvalue weighted by Gasteiger charge is -2.36. The van der Waals surface area contributed by atoms with Gasteiger partial charge in [0, 0.05) is 13.5 Å². The minimum atomic E-state index is -0.0626. The van der Waals surface area contributed by atoms with Gasteiger partial charge >= 0.3 is 0 Å². The summed E-state index contributed by atoms with van der Waals surface area (Å²) in [6.45, 7) is 3.92. The molecule has 3 nitrogen and oxygen atoms in total. The van der Waals surface area contributed by atoms with Crippen LogP contribution in [0.15, 0.2) is 18.2 Å². The van der Waals surface area contributed by atoms with Gasteiger partial charge in [-0.2, -0.15) is 0 Å². The SMILES string of the molecule is COC1(Cc2ccc(C)c(O)c2)CCNCC1. The van der Waals surface area contributed by atoms with Crippen molar-refractivity contribution >= 4 is 0 Å². The molecule has 3 heteroatoms. The van der Waals surface area contributed by atoms with E-state index in [0.717, 1.165) is 43.5 Å². The lowest BCUT2D eigenvalue weighted by molar-refractivity contribution is -0.0333. The highest BCUT2D eigenvalue weighted by Crippen LogP contribution is 2.29. The number of nitrogens with one attached hydrogen (secondary N) is 1. The Hall–Kier alpha value is -1.06. The van der Waals surface area contributed by atoms with Gasteiger partial charge < -0.3 is 15.2 Å². The summed E-state index contributed by atoms with van der Waals surface area (Å²) in [7, 11) is 1.79. The smallest absolute Gasteiger partial charge is 0.118 e. The van der Waals surface area contributed by atoms with Crippen LogP contribution in [0.3, 0.4) is 0 Å². The van der Waals surface area contributed by atoms with E-state index in [1.54, 1.807) is 7.11 Å². The zero-order valence-electron chi connectivity index (χ0n) is 10.6. The second-order valence-electron chi connectivity index (χ2n) is 4.93. The zero-order chi connectivity index (χ0) is 12.3. The fourth-order valence-corrected chi connectivity index (χ4v) is 2.47. The molecule has 1 fully saturated rings. The number of benzene rings is 1. The van der Waals surface area contributed by atoms with E-state index in [1.165, 1.54) is 0 Å². The highest BCUT2D eigenvalue weighted by molar-refractivity contribution is 5.36. The maximum absolute atomic E-state index is 9.73. The number of phenolic OH excluding ortho intramolecular Hbond substituents is 1. The van der Waals surface area contributed by atoms with E-state index in [4.69, 9.17) is 4.74 Å². The molecule has 0 unspecified atom stereocenters. The third-order valence-electron chi connectivity index (χ3n) is 3.75. The Kier molecular flexibility index (Phi) is 3.69. The largest absolute Gasteiger partial charge is 0.508 e. The first-order valence-electron chi connectivity index (χ1n) is 6.20. The summed E-state index contributed by atoms with van der Waals surface area (Å²) in [4.78, 5) is 0. The second kappa shape index (κ2) is 5.07. The lowest BCUT2D eigenvalue weighted by Crippen LogP contribution is -2.44. The van der Waals surface area contributed by atoms with Crippen molar-refractivity contribution in [2.24, 2.45) is 0 Å². The number of piperidine rings is 1. The van der Waals surface area contributed by atoms with Crippen LogP contribution in [0.25, 0.3) is 0 Å². The molecule has 0 aliphatic carbocycles. The van der Waals surface area contributed by atoms with Crippen molar-refractivity contribution in [3.63, 3.8) is 0 Å². The van der Waals surface area contributed by atoms with Gasteiger partial charge in [0.15, 0.2) is 0 Å². The molecule has 0 aromatic heterocycles. The molecule has 2 N–H and O–H groups in total. The zero-order valence-corrected chi connectivity index (χ0v) is 10.6. The molecule has 1 heterocycles. The summed E-state index contributed by atoms with van der Waals surface area (Å²) in [5.41, 5.74) is 2.01. The predicted molar refractivity (Wildman–Crippen MR) is 68.4 cm³/mol. The van der Waals surface area contributed by atoms with Gasteiger partial charge in [0.25, 0.3) is 0 Å². The molecule has 0 atom stereocenters. The molecule has 94 valence electrons. The quantitative estimate of drug-likeness (QED) is 0.842. The van der Waals surface area contributed by atoms with E-state index in [-0.39, 0.29) is 5.60 Å². The summed E-state index contributed by atoms with van der Waals surface area (Å²) in [5, 5.41) is 13.1. The number of rotatable bonds is 3. The maximum atomic E-state index is 9.73. The fourth-order valence-electron chi connectivity index (χ4n) is 2.47. The normalized spacial score (nSPS) is 19.2. The van der Waals surface area contributed by atoms with Gasteiger partial charge in [0.1, 0.15) is 5.75 Å². The Morgan fingerprint density at radius 1 is 1.35 bits per heavy atom. The molecule has 0 bridgehead atoms. The summed E-state index contributed by atoms with van der Waals surface area (Å²) in [6, 6.07) is 5.91. The molecule has 0 spiro atoms. The summed E-state index contributed by atoms with van der Waals surface area (Å²) in [5.74, 6) is 0.377. The van der Waals surface area contributed by atoms with Crippen LogP contribution < -0.4 is 5.32 Å². The molecular weight excluding hydrogens is 214 g/mol. The maximum Gasteiger partial charge on any atom is 0.118 e. The van der Waals surface area contributed by atoms with Gasteiger partial charge in [-0.25, -0.2) is 0 Å². The third kappa shape index (κ3) is 2.79. The van der Waals surface area contributed by atoms with Gasteiger partial charge in [0.2, 0.25) is 0 Å². The molecule has 17 heavy (non-hydrogen) atoms. The molecule has 2 rings (SSSR count). The molecule has 1 aliphatic rings. The van der Waals surface area contributed by atoms with Crippen LogP contribution in [-0.4, -0.2) is 30.9 Å². The van der Waals surface area contributed by atoms with E-state index in [2.05, 4.69) is 11.4 Å². The third-order valence-corrected chi connectivity index (χ3v) is 3.75. The van der Waals surface area contributed by atoms with Gasteiger partial charge in [0.05, 0.1) is 5.60 Å². The number of ether oxygens (including phenoxy) is 1. The van der Waals surface area contributed by atoms with Crippen molar-refractivity contribution in [3.8, 4) is 5.75 Å². The highest BCUT2D eigenvalue weighted by atomic mass is 16.5. The van der Waals surface area contributed by atoms with Crippen LogP contribution in [0.1, 0.15) is 24.0 Å². The minimum Gasteiger partial charge on any atom is -0.508 e. The van der Waals surface area contributed by atoms with Gasteiger partial charge in [-0.15, -0.1) is 0 Å². The number of hydrogen-bond donors (Lipinski definition) is 2. The molecule has 0 amide bonds. The van der Waals surface area contributed by atoms with Crippen molar-refractivity contribution in [3.05, 3.63) is 29.3 Å². The predicted octanol–water partition coefficient (Wildman–Crippen LogP) is 2.01. The first-order chi connectivity index (χ1) is 8.15. The van der Waals surface area contributed by atoms with Crippen LogP contribution in [0.5, 0.6) is 5.75 Å². The summed E-state index contributed by atoms with van der Waals surface area (Å²) < 4.78 is 5.73. The van der Waals surface area contributed by atoms with Crippen LogP contribution >= 0.6 is 0 Å². The molecular formula is C14H21NO2. The topological polar surface area (TPSA) is 41.5 Å². The minimum absolute atomic E-state index is 0.0626. The number of hydrogen-bond acceptors (Lipinski definition) is 3. The van der Waals surface area contributed by atoms with E-state index >= 15 is 0 Å². The van der Waals surface area contributed by atoms with Gasteiger partial charge in [-0.1, -0.05) is 12.1 Å². The molecule has 0 radical (unpaired) electrons. The monoisotopic (exact) mass is 235 g/mol. The van der Waals surface area contributed by atoms with Crippen molar-refractivity contribution in [1.29, 1.82) is 0 Å². The Morgan fingerprint density at radius 3 is 2.65 bits per heavy atom. The highest BCUT2D eigenvalue weighted by Gasteiger charge is 2.31. The number of aryl methyl sites for hydroxylation is 1. The average Bonchev–Trinajstić information content (AvgIpc) is 2.35. The number of aromatic hydroxyl groups is 1. The number of methoxy groups -OCH3 is 1. The Bertz CT molecular complexity index is 384. The average molecular weight is 235 g/mol. The molecule has 1 aliphatic heterocycles. The van der Waals surface area contributed by atoms with Crippen LogP contribution in [0.4, 0.5) is 0 Å². The van der Waals surface area contributed by atoms with Gasteiger partial charge in [-0.3, -0.25) is 0 Å². The Morgan fingerprint density at radius 2 is 2.06 bits per heavy atom. The van der Waals surface area contributed by atoms with Crippen molar-refractivity contribution < 1.29 is 9.84 Å². The first-order valence-corrected chi connectivity index (χ1v) is 6.20. The van der Waals surface area contributed by atoms with Crippen LogP contribution in [0, 0.1) is 6.92 Å². The first kappa shape index (κ1) is 12.4. The molecule has 1 aromatic carbocycles. The second-order valence-corrected chi connectivity index (χ2v) is 4.93.